The van der Waals surface area contributed by atoms with Gasteiger partial charge >= 0.3 is 0 Å². The van der Waals surface area contributed by atoms with E-state index in [1.165, 1.54) is 17.7 Å². The van der Waals surface area contributed by atoms with E-state index in [1.54, 1.807) is 23.9 Å². The number of nitro groups is 1. The molecule has 0 bridgehead atoms. The van der Waals surface area contributed by atoms with Crippen LogP contribution in [0.5, 0.6) is 0 Å². The van der Waals surface area contributed by atoms with Crippen molar-refractivity contribution in [2.75, 3.05) is 38.3 Å². The first-order chi connectivity index (χ1) is 27.4. The summed E-state index contributed by atoms with van der Waals surface area (Å²) in [6.45, 7) is 3.79. The lowest BCUT2D eigenvalue weighted by Crippen LogP contribution is -2.33. The Kier molecular flexibility index (Phi) is 12.3. The summed E-state index contributed by atoms with van der Waals surface area (Å²) in [5.41, 5.74) is 5.49. The van der Waals surface area contributed by atoms with Gasteiger partial charge in [0.15, 0.2) is 0 Å². The number of thioether (sulfide) groups is 1. The van der Waals surface area contributed by atoms with E-state index < -0.39 is 26.5 Å². The van der Waals surface area contributed by atoms with Crippen molar-refractivity contribution in [2.45, 2.75) is 41.9 Å². The molecule has 0 saturated carbocycles. The van der Waals surface area contributed by atoms with Crippen LogP contribution in [-0.4, -0.2) is 72.6 Å². The molecule has 0 unspecified atom stereocenters. The molecular weight excluding hydrogens is 780 g/mol. The fourth-order valence-corrected chi connectivity index (χ4v) is 9.21. The van der Waals surface area contributed by atoms with Crippen molar-refractivity contribution in [3.8, 4) is 11.1 Å². The number of halogens is 1. The maximum atomic E-state index is 13.5. The van der Waals surface area contributed by atoms with Crippen molar-refractivity contribution in [3.05, 3.63) is 153 Å². The van der Waals surface area contributed by atoms with E-state index in [9.17, 15) is 23.3 Å². The molecule has 1 aliphatic rings. The van der Waals surface area contributed by atoms with Gasteiger partial charge in [0, 0.05) is 76.1 Å². The van der Waals surface area contributed by atoms with Gasteiger partial charge in [0.1, 0.15) is 5.69 Å². The summed E-state index contributed by atoms with van der Waals surface area (Å²) in [7, 11) is -0.536. The van der Waals surface area contributed by atoms with E-state index in [0.29, 0.717) is 23.7 Å². The average Bonchev–Trinajstić information content (AvgIpc) is 3.56. The largest absolute Gasteiger partial charge is 0.376 e. The molecule has 2 heterocycles. The number of carbonyl (C=O) groups is 1. The Bertz CT molecular complexity index is 2510. The molecule has 7 rings (SSSR count). The van der Waals surface area contributed by atoms with Crippen LogP contribution >= 0.6 is 23.4 Å². The van der Waals surface area contributed by atoms with Gasteiger partial charge in [0.05, 0.1) is 9.82 Å². The molecule has 294 valence electrons. The number of nitro benzene ring substituents is 1. The molecule has 1 amide bonds. The minimum atomic E-state index is -4.46. The number of nitrogens with zero attached hydrogens (tertiary/aromatic N) is 4. The number of carbonyl (C=O) groups excluding carboxylic acids is 1. The summed E-state index contributed by atoms with van der Waals surface area (Å²) < 4.78 is 31.4. The summed E-state index contributed by atoms with van der Waals surface area (Å²) in [6.07, 6.45) is 0.702. The fourth-order valence-electron chi connectivity index (χ4n) is 7.10. The molecule has 0 fully saturated rings. The first-order valence-corrected chi connectivity index (χ1v) is 21.4. The number of fused-ring (bicyclic) bond motifs is 3. The minimum Gasteiger partial charge on any atom is -0.376 e. The molecule has 0 spiro atoms. The molecular formula is C43H43ClN6O5S2. The highest BCUT2D eigenvalue weighted by atomic mass is 35.5. The van der Waals surface area contributed by atoms with Crippen molar-refractivity contribution < 1.29 is 18.1 Å². The van der Waals surface area contributed by atoms with Crippen LogP contribution < -0.4 is 10.0 Å². The molecule has 1 atom stereocenters. The highest BCUT2D eigenvalue weighted by Gasteiger charge is 2.26. The van der Waals surface area contributed by atoms with Crippen LogP contribution in [0.4, 0.5) is 11.4 Å². The average molecular weight is 823 g/mol. The van der Waals surface area contributed by atoms with E-state index >= 15 is 0 Å². The van der Waals surface area contributed by atoms with Crippen molar-refractivity contribution in [3.63, 3.8) is 0 Å². The Balaban J connectivity index is 1.04. The number of amides is 1. The highest BCUT2D eigenvalue weighted by Crippen LogP contribution is 2.32. The van der Waals surface area contributed by atoms with Gasteiger partial charge in [-0.1, -0.05) is 66.2 Å². The lowest BCUT2D eigenvalue weighted by atomic mass is 9.99. The van der Waals surface area contributed by atoms with Crippen molar-refractivity contribution in [1.29, 1.82) is 0 Å². The maximum Gasteiger partial charge on any atom is 0.293 e. The Morgan fingerprint density at radius 3 is 2.44 bits per heavy atom. The molecule has 57 heavy (non-hydrogen) atoms. The van der Waals surface area contributed by atoms with E-state index in [0.717, 1.165) is 64.9 Å². The summed E-state index contributed by atoms with van der Waals surface area (Å²) in [4.78, 5) is 30.2. The summed E-state index contributed by atoms with van der Waals surface area (Å²) >= 11 is 7.77. The monoisotopic (exact) mass is 822 g/mol. The van der Waals surface area contributed by atoms with Gasteiger partial charge < -0.3 is 14.8 Å². The SMILES string of the molecule is CN(C)CC[C@H](CSc1ccccc1)Nc1ccc(S(=O)(=O)NC(=O)c2ccc3c(c2)cc2n3CCN(Cc3ccccc3-c3ccc(Cl)cc3)C2)cc1[N+](=O)[O-]. The third-order valence-corrected chi connectivity index (χ3v) is 12.8. The van der Waals surface area contributed by atoms with E-state index in [4.69, 9.17) is 11.6 Å². The van der Waals surface area contributed by atoms with Gasteiger partial charge in [-0.3, -0.25) is 19.8 Å². The normalized spacial score (nSPS) is 13.7. The number of hydrogen-bond donors (Lipinski definition) is 2. The first kappa shape index (κ1) is 40.0. The molecule has 14 heteroatoms. The standard InChI is InChI=1S/C43H43ClN6O5S2/c1-47(2)21-20-35(29-56-37-9-4-3-5-10-37)45-40-18-17-38(26-42(40)50(52)53)57(54,55)46-43(51)31-14-19-41-33(24-31)25-36-28-48(22-23-49(36)41)27-32-8-6-7-11-39(32)30-12-15-34(44)16-13-30/h3-19,24-26,35,45H,20-23,27-29H2,1-2H3,(H,46,51)/t35-/m1/s1. The Hall–Kier alpha value is -5.18. The minimum absolute atomic E-state index is 0.145. The van der Waals surface area contributed by atoms with Crippen LogP contribution in [0, 0.1) is 10.1 Å². The van der Waals surface area contributed by atoms with Crippen LogP contribution in [0.25, 0.3) is 22.0 Å². The van der Waals surface area contributed by atoms with Gasteiger partial charge in [-0.2, -0.15) is 0 Å². The summed E-state index contributed by atoms with van der Waals surface area (Å²) in [6, 6.07) is 36.8. The predicted octanol–water partition coefficient (Wildman–Crippen LogP) is 8.53. The van der Waals surface area contributed by atoms with Gasteiger partial charge in [0.25, 0.3) is 21.6 Å². The molecule has 1 aromatic heterocycles. The lowest BCUT2D eigenvalue weighted by molar-refractivity contribution is -0.384. The Morgan fingerprint density at radius 2 is 1.68 bits per heavy atom. The van der Waals surface area contributed by atoms with Crippen LogP contribution in [0.1, 0.15) is 28.0 Å². The molecule has 6 aromatic rings. The van der Waals surface area contributed by atoms with Crippen molar-refractivity contribution in [1.82, 2.24) is 19.1 Å². The number of benzene rings is 5. The second kappa shape index (κ2) is 17.5. The zero-order chi connectivity index (χ0) is 40.1. The number of hydrogen-bond acceptors (Lipinski definition) is 9. The topological polar surface area (TPSA) is 130 Å². The van der Waals surface area contributed by atoms with E-state index in [1.807, 2.05) is 97.9 Å². The number of rotatable bonds is 15. The zero-order valence-electron chi connectivity index (χ0n) is 31.6. The van der Waals surface area contributed by atoms with Gasteiger partial charge in [-0.05, 0) is 104 Å². The Labute approximate surface area is 341 Å². The molecule has 5 aromatic carbocycles. The van der Waals surface area contributed by atoms with Crippen LogP contribution in [0.3, 0.4) is 0 Å². The highest BCUT2D eigenvalue weighted by molar-refractivity contribution is 7.99. The van der Waals surface area contributed by atoms with Crippen molar-refractivity contribution >= 4 is 61.6 Å². The van der Waals surface area contributed by atoms with Gasteiger partial charge in [-0.25, -0.2) is 13.1 Å². The quantitative estimate of drug-likeness (QED) is 0.0595. The molecule has 0 radical (unpaired) electrons. The first-order valence-electron chi connectivity index (χ1n) is 18.6. The molecule has 0 saturated heterocycles. The second-order valence-corrected chi connectivity index (χ2v) is 17.6. The summed E-state index contributed by atoms with van der Waals surface area (Å²) in [5.74, 6) is -0.189. The van der Waals surface area contributed by atoms with Gasteiger partial charge in [-0.15, -0.1) is 11.8 Å². The summed E-state index contributed by atoms with van der Waals surface area (Å²) in [5, 5.41) is 17.0. The Morgan fingerprint density at radius 1 is 0.930 bits per heavy atom. The van der Waals surface area contributed by atoms with Crippen LogP contribution in [0.2, 0.25) is 5.02 Å². The van der Waals surface area contributed by atoms with E-state index in [2.05, 4.69) is 31.6 Å². The number of anilines is 1. The van der Waals surface area contributed by atoms with Gasteiger partial charge in [0.2, 0.25) is 0 Å². The molecule has 1 aliphatic heterocycles. The molecule has 2 N–H and O–H groups in total. The second-order valence-electron chi connectivity index (χ2n) is 14.4. The predicted molar refractivity (Wildman–Crippen MR) is 228 cm³/mol. The third kappa shape index (κ3) is 9.69. The molecule has 0 aliphatic carbocycles. The number of nitrogens with one attached hydrogen (secondary N) is 2. The van der Waals surface area contributed by atoms with Crippen LogP contribution in [0.15, 0.2) is 131 Å². The zero-order valence-corrected chi connectivity index (χ0v) is 34.0. The number of sulfonamides is 1. The fraction of sp³-hybridized carbons (Fsp3) is 0.233. The lowest BCUT2D eigenvalue weighted by Gasteiger charge is -2.29. The van der Waals surface area contributed by atoms with E-state index in [-0.39, 0.29) is 22.2 Å². The molecule has 11 nitrogen and oxygen atoms in total. The number of aromatic nitrogens is 1. The van der Waals surface area contributed by atoms with Crippen LogP contribution in [-0.2, 0) is 29.7 Å². The van der Waals surface area contributed by atoms with Crippen molar-refractivity contribution in [2.24, 2.45) is 0 Å². The maximum absolute atomic E-state index is 13.5. The third-order valence-electron chi connectivity index (χ3n) is 10.0. The smallest absolute Gasteiger partial charge is 0.293 e.